The van der Waals surface area contributed by atoms with Crippen LogP contribution in [-0.2, 0) is 0 Å². The van der Waals surface area contributed by atoms with Crippen LogP contribution in [0.15, 0.2) is 59.3 Å². The summed E-state index contributed by atoms with van der Waals surface area (Å²) in [6.45, 7) is 2.89. The van der Waals surface area contributed by atoms with Crippen LogP contribution in [0.4, 0.5) is 0 Å². The molecule has 0 spiro atoms. The summed E-state index contributed by atoms with van der Waals surface area (Å²) in [4.78, 5) is 15.3. The van der Waals surface area contributed by atoms with Crippen LogP contribution in [0.25, 0.3) is 10.8 Å². The summed E-state index contributed by atoms with van der Waals surface area (Å²) >= 11 is 1.73. The summed E-state index contributed by atoms with van der Waals surface area (Å²) in [5, 5.41) is 9.81. The van der Waals surface area contributed by atoms with E-state index in [9.17, 15) is 4.79 Å². The molecular formula is C23H26N2OS. The average molecular weight is 379 g/mol. The highest BCUT2D eigenvalue weighted by Gasteiger charge is 2.22. The lowest BCUT2D eigenvalue weighted by Gasteiger charge is -2.30. The molecule has 3 nitrogen and oxygen atoms in total. The van der Waals surface area contributed by atoms with Gasteiger partial charge in [-0.05, 0) is 71.2 Å². The van der Waals surface area contributed by atoms with Crippen molar-refractivity contribution < 1.29 is 4.79 Å². The zero-order valence-electron chi connectivity index (χ0n) is 15.6. The van der Waals surface area contributed by atoms with Crippen LogP contribution in [0.1, 0.15) is 47.6 Å². The Morgan fingerprint density at radius 3 is 2.52 bits per heavy atom. The van der Waals surface area contributed by atoms with Crippen molar-refractivity contribution in [3.8, 4) is 0 Å². The molecule has 140 valence electrons. The highest BCUT2D eigenvalue weighted by Crippen LogP contribution is 2.25. The maximum absolute atomic E-state index is 12.8. The van der Waals surface area contributed by atoms with Gasteiger partial charge in [-0.15, -0.1) is 0 Å². The summed E-state index contributed by atoms with van der Waals surface area (Å²) < 4.78 is 0. The average Bonchev–Trinajstić information content (AvgIpc) is 3.10. The minimum absolute atomic E-state index is 0.0100. The number of carbonyl (C=O) groups excluding carboxylic acids is 1. The summed E-state index contributed by atoms with van der Waals surface area (Å²) in [5.74, 6) is 0.0100. The van der Waals surface area contributed by atoms with E-state index in [0.29, 0.717) is 6.54 Å². The lowest BCUT2D eigenvalue weighted by molar-refractivity contribution is 0.0933. The highest BCUT2D eigenvalue weighted by atomic mass is 32.1. The number of nitrogens with one attached hydrogen (secondary N) is 1. The first-order valence-electron chi connectivity index (χ1n) is 9.84. The van der Waals surface area contributed by atoms with Gasteiger partial charge in [0.25, 0.3) is 5.91 Å². The van der Waals surface area contributed by atoms with Crippen molar-refractivity contribution in [1.82, 2.24) is 10.2 Å². The van der Waals surface area contributed by atoms with Gasteiger partial charge in [0.2, 0.25) is 0 Å². The normalized spacial score (nSPS) is 16.7. The van der Waals surface area contributed by atoms with Crippen LogP contribution in [0.3, 0.4) is 0 Å². The number of carbonyl (C=O) groups is 1. The third-order valence-electron chi connectivity index (χ3n) is 5.48. The van der Waals surface area contributed by atoms with E-state index in [1.807, 2.05) is 30.3 Å². The van der Waals surface area contributed by atoms with Gasteiger partial charge in [0.05, 0.1) is 6.04 Å². The molecule has 1 N–H and O–H groups in total. The second-order valence-electron chi connectivity index (χ2n) is 7.29. The maximum atomic E-state index is 12.8. The first-order chi connectivity index (χ1) is 13.3. The van der Waals surface area contributed by atoms with Crippen LogP contribution in [0.2, 0.25) is 0 Å². The van der Waals surface area contributed by atoms with E-state index >= 15 is 0 Å². The van der Waals surface area contributed by atoms with E-state index in [4.69, 9.17) is 0 Å². The van der Waals surface area contributed by atoms with Crippen molar-refractivity contribution >= 4 is 28.0 Å². The molecule has 2 heterocycles. The number of hydrogen-bond donors (Lipinski definition) is 1. The fourth-order valence-electron chi connectivity index (χ4n) is 3.95. The molecule has 1 aromatic heterocycles. The topological polar surface area (TPSA) is 32.3 Å². The molecular weight excluding hydrogens is 352 g/mol. The first-order valence-corrected chi connectivity index (χ1v) is 10.8. The summed E-state index contributed by atoms with van der Waals surface area (Å²) in [7, 11) is 0. The Bertz CT molecular complexity index is 882. The number of nitrogens with zero attached hydrogens (tertiary/aromatic N) is 1. The molecule has 0 saturated carbocycles. The number of benzene rings is 2. The van der Waals surface area contributed by atoms with Crippen LogP contribution in [0, 0.1) is 0 Å². The van der Waals surface area contributed by atoms with E-state index in [0.717, 1.165) is 29.4 Å². The SMILES string of the molecule is O=C(NC[C@@H](c1ccsc1)N1CCCCCC1)c1ccc2ccccc2c1. The second kappa shape index (κ2) is 8.68. The molecule has 0 bridgehead atoms. The van der Waals surface area contributed by atoms with Gasteiger partial charge in [0.15, 0.2) is 0 Å². The molecule has 1 fully saturated rings. The molecule has 4 heteroatoms. The van der Waals surface area contributed by atoms with Gasteiger partial charge in [-0.25, -0.2) is 0 Å². The Morgan fingerprint density at radius 1 is 1.00 bits per heavy atom. The van der Waals surface area contributed by atoms with E-state index in [-0.39, 0.29) is 11.9 Å². The quantitative estimate of drug-likeness (QED) is 0.658. The molecule has 1 atom stereocenters. The molecule has 2 aromatic carbocycles. The lowest BCUT2D eigenvalue weighted by Crippen LogP contribution is -2.38. The Labute approximate surface area is 165 Å². The molecule has 1 aliphatic heterocycles. The van der Waals surface area contributed by atoms with Crippen molar-refractivity contribution in [3.63, 3.8) is 0 Å². The number of rotatable bonds is 5. The molecule has 1 saturated heterocycles. The molecule has 0 aliphatic carbocycles. The summed E-state index contributed by atoms with van der Waals surface area (Å²) in [6.07, 6.45) is 5.13. The first kappa shape index (κ1) is 18.2. The summed E-state index contributed by atoms with van der Waals surface area (Å²) in [6, 6.07) is 16.5. The van der Waals surface area contributed by atoms with Crippen molar-refractivity contribution in [2.24, 2.45) is 0 Å². The molecule has 4 rings (SSSR count). The minimum Gasteiger partial charge on any atom is -0.350 e. The Hall–Kier alpha value is -2.17. The molecule has 3 aromatic rings. The van der Waals surface area contributed by atoms with Gasteiger partial charge in [0, 0.05) is 12.1 Å². The van der Waals surface area contributed by atoms with Crippen molar-refractivity contribution in [1.29, 1.82) is 0 Å². The number of hydrogen-bond acceptors (Lipinski definition) is 3. The van der Waals surface area contributed by atoms with Gasteiger partial charge >= 0.3 is 0 Å². The molecule has 0 radical (unpaired) electrons. The molecule has 0 unspecified atom stereocenters. The van der Waals surface area contributed by atoms with Crippen molar-refractivity contribution in [3.05, 3.63) is 70.4 Å². The van der Waals surface area contributed by atoms with Crippen LogP contribution >= 0.6 is 11.3 Å². The Kier molecular flexibility index (Phi) is 5.85. The number of fused-ring (bicyclic) bond motifs is 1. The third kappa shape index (κ3) is 4.40. The van der Waals surface area contributed by atoms with Gasteiger partial charge in [-0.1, -0.05) is 43.2 Å². The number of thiophene rings is 1. The fourth-order valence-corrected chi connectivity index (χ4v) is 4.66. The lowest BCUT2D eigenvalue weighted by atomic mass is 10.1. The van der Waals surface area contributed by atoms with E-state index in [1.165, 1.54) is 31.2 Å². The van der Waals surface area contributed by atoms with Crippen molar-refractivity contribution in [2.75, 3.05) is 19.6 Å². The molecule has 1 aliphatic rings. The zero-order chi connectivity index (χ0) is 18.5. The second-order valence-corrected chi connectivity index (χ2v) is 8.07. The van der Waals surface area contributed by atoms with Crippen LogP contribution < -0.4 is 5.32 Å². The predicted molar refractivity (Wildman–Crippen MR) is 113 cm³/mol. The van der Waals surface area contributed by atoms with Gasteiger partial charge in [-0.3, -0.25) is 9.69 Å². The Morgan fingerprint density at radius 2 is 1.78 bits per heavy atom. The zero-order valence-corrected chi connectivity index (χ0v) is 16.4. The number of likely N-dealkylation sites (tertiary alicyclic amines) is 1. The van der Waals surface area contributed by atoms with Crippen LogP contribution in [0.5, 0.6) is 0 Å². The maximum Gasteiger partial charge on any atom is 0.251 e. The van der Waals surface area contributed by atoms with Crippen LogP contribution in [-0.4, -0.2) is 30.4 Å². The largest absolute Gasteiger partial charge is 0.350 e. The smallest absolute Gasteiger partial charge is 0.251 e. The third-order valence-corrected chi connectivity index (χ3v) is 6.18. The van der Waals surface area contributed by atoms with E-state index in [1.54, 1.807) is 11.3 Å². The van der Waals surface area contributed by atoms with E-state index in [2.05, 4.69) is 39.2 Å². The highest BCUT2D eigenvalue weighted by molar-refractivity contribution is 7.07. The fraction of sp³-hybridized carbons (Fsp3) is 0.348. The van der Waals surface area contributed by atoms with E-state index < -0.39 is 0 Å². The molecule has 27 heavy (non-hydrogen) atoms. The van der Waals surface area contributed by atoms with Gasteiger partial charge in [0.1, 0.15) is 0 Å². The van der Waals surface area contributed by atoms with Gasteiger partial charge in [-0.2, -0.15) is 11.3 Å². The van der Waals surface area contributed by atoms with Crippen molar-refractivity contribution in [2.45, 2.75) is 31.7 Å². The summed E-state index contributed by atoms with van der Waals surface area (Å²) in [5.41, 5.74) is 2.05. The molecule has 1 amide bonds. The van der Waals surface area contributed by atoms with Gasteiger partial charge < -0.3 is 5.32 Å². The minimum atomic E-state index is 0.0100. The number of amides is 1. The Balaban J connectivity index is 1.48. The standard InChI is InChI=1S/C23H26N2OS/c26-23(20-10-9-18-7-3-4-8-19(18)15-20)24-16-22(21-11-14-27-17-21)25-12-5-1-2-6-13-25/h3-4,7-11,14-15,17,22H,1-2,5-6,12-13,16H2,(H,24,26)/t22-/m0/s1. The monoisotopic (exact) mass is 378 g/mol. The predicted octanol–water partition coefficient (Wildman–Crippen LogP) is 5.25.